The zero-order chi connectivity index (χ0) is 26.0. The van der Waals surface area contributed by atoms with Crippen molar-refractivity contribution in [1.29, 1.82) is 0 Å². The molecule has 3 aromatic carbocycles. The first kappa shape index (κ1) is 27.0. The number of nitrogens with zero attached hydrogens (tertiary/aromatic N) is 1. The molecule has 9 heteroatoms. The van der Waals surface area contributed by atoms with Gasteiger partial charge in [0.2, 0.25) is 0 Å². The van der Waals surface area contributed by atoms with Gasteiger partial charge in [-0.1, -0.05) is 70.9 Å². The van der Waals surface area contributed by atoms with Crippen molar-refractivity contribution in [1.82, 2.24) is 0 Å². The molecule has 1 amide bonds. The lowest BCUT2D eigenvalue weighted by Crippen LogP contribution is -2.28. The Hall–Kier alpha value is -2.03. The summed E-state index contributed by atoms with van der Waals surface area (Å²) in [6.45, 7) is 6.58. The molecule has 4 rings (SSSR count). The van der Waals surface area contributed by atoms with Crippen LogP contribution in [0, 0.1) is 13.8 Å². The summed E-state index contributed by atoms with van der Waals surface area (Å²) in [6.07, 6.45) is 1.82. The van der Waals surface area contributed by atoms with Gasteiger partial charge in [0.05, 0.1) is 21.7 Å². The lowest BCUT2D eigenvalue weighted by Gasteiger charge is -2.17. The Bertz CT molecular complexity index is 1390. The lowest BCUT2D eigenvalue weighted by molar-refractivity contribution is -0.113. The molecule has 0 saturated carbocycles. The first-order valence-electron chi connectivity index (χ1n) is 11.1. The largest absolute Gasteiger partial charge is 0.490 e. The minimum atomic E-state index is -0.149. The fraction of sp³-hybridized carbons (Fsp3) is 0.185. The SMILES string of the molecule is CCOc1cc(/C=C2/SC(=S)N(c3ccc(C)cc3C)C2=O)cc(Br)c1OCc1ccc(Cl)cc1Cl. The lowest BCUT2D eigenvalue weighted by atomic mass is 10.1. The van der Waals surface area contributed by atoms with Gasteiger partial charge in [-0.3, -0.25) is 9.69 Å². The second kappa shape index (κ2) is 11.6. The fourth-order valence-electron chi connectivity index (χ4n) is 3.75. The van der Waals surface area contributed by atoms with E-state index < -0.39 is 0 Å². The van der Waals surface area contributed by atoms with Gasteiger partial charge in [0.1, 0.15) is 6.61 Å². The highest BCUT2D eigenvalue weighted by Crippen LogP contribution is 2.41. The monoisotopic (exact) mass is 621 g/mol. The van der Waals surface area contributed by atoms with Crippen molar-refractivity contribution in [2.24, 2.45) is 0 Å². The Morgan fingerprint density at radius 1 is 1.08 bits per heavy atom. The van der Waals surface area contributed by atoms with Gasteiger partial charge in [-0.25, -0.2) is 0 Å². The summed E-state index contributed by atoms with van der Waals surface area (Å²) in [6, 6.07) is 14.9. The summed E-state index contributed by atoms with van der Waals surface area (Å²) >= 11 is 22.7. The number of amides is 1. The Morgan fingerprint density at radius 2 is 1.86 bits per heavy atom. The standard InChI is InChI=1S/C27H22BrCl2NO3S2/c1-4-33-23-11-17(10-20(28)25(23)34-14-18-6-7-19(29)13-21(18)30)12-24-26(32)31(27(35)36-24)22-8-5-15(2)9-16(22)3/h5-13H,4,14H2,1-3H3/b24-12+. The highest BCUT2D eigenvalue weighted by Gasteiger charge is 2.34. The molecule has 1 heterocycles. The van der Waals surface area contributed by atoms with Crippen LogP contribution in [0.1, 0.15) is 29.2 Å². The van der Waals surface area contributed by atoms with E-state index in [2.05, 4.69) is 15.9 Å². The summed E-state index contributed by atoms with van der Waals surface area (Å²) in [5, 5.41) is 1.09. The Labute approximate surface area is 238 Å². The number of halogens is 3. The third kappa shape index (κ3) is 5.92. The number of rotatable bonds is 7. The average molecular weight is 623 g/mol. The fourth-order valence-corrected chi connectivity index (χ4v) is 6.07. The molecule has 1 aliphatic heterocycles. The van der Waals surface area contributed by atoms with Crippen LogP contribution in [0.25, 0.3) is 6.08 Å². The number of aryl methyl sites for hydroxylation is 2. The molecule has 0 bridgehead atoms. The maximum Gasteiger partial charge on any atom is 0.270 e. The van der Waals surface area contributed by atoms with Gasteiger partial charge < -0.3 is 9.47 Å². The van der Waals surface area contributed by atoms with Crippen molar-refractivity contribution in [2.45, 2.75) is 27.4 Å². The quantitative estimate of drug-likeness (QED) is 0.195. The molecule has 4 nitrogen and oxygen atoms in total. The average Bonchev–Trinajstić information content (AvgIpc) is 3.07. The van der Waals surface area contributed by atoms with Crippen molar-refractivity contribution >= 4 is 85.1 Å². The van der Waals surface area contributed by atoms with E-state index in [9.17, 15) is 4.79 Å². The van der Waals surface area contributed by atoms with Gasteiger partial charge in [-0.2, -0.15) is 0 Å². The van der Waals surface area contributed by atoms with E-state index in [1.807, 2.05) is 63.2 Å². The molecule has 36 heavy (non-hydrogen) atoms. The van der Waals surface area contributed by atoms with Crippen molar-refractivity contribution in [3.8, 4) is 11.5 Å². The van der Waals surface area contributed by atoms with E-state index in [4.69, 9.17) is 44.9 Å². The van der Waals surface area contributed by atoms with Crippen LogP contribution in [0.15, 0.2) is 57.9 Å². The summed E-state index contributed by atoms with van der Waals surface area (Å²) in [4.78, 5) is 15.4. The van der Waals surface area contributed by atoms with Crippen LogP contribution in [0.5, 0.6) is 11.5 Å². The molecule has 0 aliphatic carbocycles. The second-order valence-corrected chi connectivity index (χ2v) is 11.5. The van der Waals surface area contributed by atoms with Crippen LogP contribution in [-0.4, -0.2) is 16.8 Å². The highest BCUT2D eigenvalue weighted by molar-refractivity contribution is 9.10. The van der Waals surface area contributed by atoms with Crippen LogP contribution >= 0.6 is 63.1 Å². The van der Waals surface area contributed by atoms with Gasteiger partial charge in [0.25, 0.3) is 5.91 Å². The molecule has 3 aromatic rings. The van der Waals surface area contributed by atoms with E-state index in [1.165, 1.54) is 11.8 Å². The molecule has 0 radical (unpaired) electrons. The number of hydrogen-bond acceptors (Lipinski definition) is 5. The number of thioether (sulfide) groups is 1. The molecule has 1 fully saturated rings. The number of benzene rings is 3. The third-order valence-corrected chi connectivity index (χ3v) is 7.88. The molecule has 186 valence electrons. The van der Waals surface area contributed by atoms with E-state index in [-0.39, 0.29) is 12.5 Å². The summed E-state index contributed by atoms with van der Waals surface area (Å²) in [5.74, 6) is 0.944. The predicted octanol–water partition coefficient (Wildman–Crippen LogP) is 8.76. The predicted molar refractivity (Wildman–Crippen MR) is 158 cm³/mol. The molecular weight excluding hydrogens is 601 g/mol. The Kier molecular flexibility index (Phi) is 8.68. The second-order valence-electron chi connectivity index (χ2n) is 8.09. The van der Waals surface area contributed by atoms with E-state index in [1.54, 1.807) is 17.0 Å². The number of carbonyl (C=O) groups excluding carboxylic acids is 1. The van der Waals surface area contributed by atoms with Crippen LogP contribution in [0.3, 0.4) is 0 Å². The van der Waals surface area contributed by atoms with Gasteiger partial charge in [-0.05, 0) is 84.2 Å². The number of carbonyl (C=O) groups is 1. The molecule has 0 atom stereocenters. The van der Waals surface area contributed by atoms with Crippen LogP contribution < -0.4 is 14.4 Å². The third-order valence-electron chi connectivity index (χ3n) is 5.40. The molecule has 1 aliphatic rings. The smallest absolute Gasteiger partial charge is 0.270 e. The number of anilines is 1. The zero-order valence-corrected chi connectivity index (χ0v) is 24.5. The first-order valence-corrected chi connectivity index (χ1v) is 13.8. The number of hydrogen-bond donors (Lipinski definition) is 0. The van der Waals surface area contributed by atoms with Crippen molar-refractivity contribution < 1.29 is 14.3 Å². The van der Waals surface area contributed by atoms with Gasteiger partial charge >= 0.3 is 0 Å². The van der Waals surface area contributed by atoms with Crippen molar-refractivity contribution in [2.75, 3.05) is 11.5 Å². The normalized spacial score (nSPS) is 14.6. The molecule has 0 spiro atoms. The van der Waals surface area contributed by atoms with E-state index in [0.717, 1.165) is 27.9 Å². The van der Waals surface area contributed by atoms with Crippen LogP contribution in [-0.2, 0) is 11.4 Å². The van der Waals surface area contributed by atoms with Crippen molar-refractivity contribution in [3.05, 3.63) is 90.2 Å². The van der Waals surface area contributed by atoms with Gasteiger partial charge in [0.15, 0.2) is 15.8 Å². The molecule has 0 aromatic heterocycles. The van der Waals surface area contributed by atoms with Gasteiger partial charge in [0, 0.05) is 15.6 Å². The molecule has 0 N–H and O–H groups in total. The maximum atomic E-state index is 13.3. The Morgan fingerprint density at radius 3 is 2.56 bits per heavy atom. The van der Waals surface area contributed by atoms with Crippen LogP contribution in [0.2, 0.25) is 10.0 Å². The highest BCUT2D eigenvalue weighted by atomic mass is 79.9. The minimum absolute atomic E-state index is 0.149. The maximum absolute atomic E-state index is 13.3. The number of ether oxygens (including phenoxy) is 2. The zero-order valence-electron chi connectivity index (χ0n) is 19.7. The first-order chi connectivity index (χ1) is 17.2. The summed E-state index contributed by atoms with van der Waals surface area (Å²) in [5.41, 5.74) is 4.51. The van der Waals surface area contributed by atoms with Crippen LogP contribution in [0.4, 0.5) is 5.69 Å². The topological polar surface area (TPSA) is 38.8 Å². The summed E-state index contributed by atoms with van der Waals surface area (Å²) in [7, 11) is 0. The molecule has 1 saturated heterocycles. The molecule has 0 unspecified atom stereocenters. The van der Waals surface area contributed by atoms with E-state index >= 15 is 0 Å². The summed E-state index contributed by atoms with van der Waals surface area (Å²) < 4.78 is 13.1. The van der Waals surface area contributed by atoms with E-state index in [0.29, 0.717) is 41.8 Å². The Balaban J connectivity index is 1.61. The van der Waals surface area contributed by atoms with Gasteiger partial charge in [-0.15, -0.1) is 0 Å². The van der Waals surface area contributed by atoms with Crippen molar-refractivity contribution in [3.63, 3.8) is 0 Å². The number of thiocarbonyl (C=S) groups is 1. The minimum Gasteiger partial charge on any atom is -0.490 e. The molecular formula is C27H22BrCl2NO3S2.